The van der Waals surface area contributed by atoms with E-state index in [0.29, 0.717) is 28.5 Å². The van der Waals surface area contributed by atoms with Gasteiger partial charge in [0.1, 0.15) is 11.3 Å². The van der Waals surface area contributed by atoms with Crippen molar-refractivity contribution >= 4 is 45.8 Å². The van der Waals surface area contributed by atoms with Crippen LogP contribution in [-0.4, -0.2) is 12.5 Å². The molecule has 0 aliphatic heterocycles. The van der Waals surface area contributed by atoms with E-state index in [0.717, 1.165) is 6.07 Å². The van der Waals surface area contributed by atoms with Crippen LogP contribution >= 0.6 is 23.2 Å². The summed E-state index contributed by atoms with van der Waals surface area (Å²) in [6.45, 7) is 2.32. The molecule has 0 bridgehead atoms. The first-order chi connectivity index (χ1) is 12.0. The van der Waals surface area contributed by atoms with Crippen molar-refractivity contribution in [1.82, 2.24) is 0 Å². The highest BCUT2D eigenvalue weighted by molar-refractivity contribution is 6.44. The molecule has 5 nitrogen and oxygen atoms in total. The summed E-state index contributed by atoms with van der Waals surface area (Å²) >= 11 is 12.0. The quantitative estimate of drug-likeness (QED) is 0.666. The molecule has 3 rings (SSSR count). The van der Waals surface area contributed by atoms with E-state index in [2.05, 4.69) is 5.32 Å². The molecular weight excluding hydrogens is 365 g/mol. The van der Waals surface area contributed by atoms with Gasteiger partial charge in [0.05, 0.1) is 27.9 Å². The Morgan fingerprint density at radius 1 is 1.20 bits per heavy atom. The molecule has 1 N–H and O–H groups in total. The molecule has 0 saturated heterocycles. The van der Waals surface area contributed by atoms with Crippen LogP contribution in [0.5, 0.6) is 5.75 Å². The molecule has 1 amide bonds. The highest BCUT2D eigenvalue weighted by Gasteiger charge is 2.16. The first kappa shape index (κ1) is 17.3. The fraction of sp³-hybridized carbons (Fsp3) is 0.111. The third-order valence-corrected chi connectivity index (χ3v) is 4.29. The molecule has 0 saturated carbocycles. The van der Waals surface area contributed by atoms with E-state index in [4.69, 9.17) is 32.4 Å². The molecule has 0 radical (unpaired) electrons. The Labute approximate surface area is 153 Å². The normalized spacial score (nSPS) is 10.7. The van der Waals surface area contributed by atoms with Crippen LogP contribution in [0.25, 0.3) is 11.0 Å². The van der Waals surface area contributed by atoms with Crippen LogP contribution in [0.3, 0.4) is 0 Å². The average Bonchev–Trinajstić information content (AvgIpc) is 2.58. The summed E-state index contributed by atoms with van der Waals surface area (Å²) in [4.78, 5) is 24.4. The largest absolute Gasteiger partial charge is 0.494 e. The lowest BCUT2D eigenvalue weighted by Gasteiger charge is -2.10. The lowest BCUT2D eigenvalue weighted by atomic mass is 10.1. The second-order valence-electron chi connectivity index (χ2n) is 5.13. The third-order valence-electron chi connectivity index (χ3n) is 3.47. The Hall–Kier alpha value is -2.50. The minimum atomic E-state index is -0.636. The lowest BCUT2D eigenvalue weighted by Crippen LogP contribution is -2.15. The molecule has 0 atom stereocenters. The van der Waals surface area contributed by atoms with Crippen molar-refractivity contribution in [3.05, 3.63) is 68.5 Å². The fourth-order valence-corrected chi connectivity index (χ4v) is 2.73. The van der Waals surface area contributed by atoms with Crippen LogP contribution in [-0.2, 0) is 0 Å². The second-order valence-corrected chi connectivity index (χ2v) is 5.91. The van der Waals surface area contributed by atoms with Crippen LogP contribution in [0.1, 0.15) is 17.3 Å². The Morgan fingerprint density at radius 3 is 2.76 bits per heavy atom. The molecule has 0 spiro atoms. The van der Waals surface area contributed by atoms with Gasteiger partial charge in [-0.2, -0.15) is 0 Å². The van der Waals surface area contributed by atoms with E-state index in [1.165, 1.54) is 0 Å². The number of ether oxygens (including phenoxy) is 1. The fourth-order valence-electron chi connectivity index (χ4n) is 2.38. The standard InChI is InChI=1S/C18H13Cl2NO4/c1-2-24-10-6-7-11-12(9-16(22)25-15(11)8-10)18(23)21-14-5-3-4-13(19)17(14)20/h3-9H,2H2,1H3,(H,21,23). The van der Waals surface area contributed by atoms with Gasteiger partial charge in [0.15, 0.2) is 0 Å². The smallest absolute Gasteiger partial charge is 0.337 e. The SMILES string of the molecule is CCOc1ccc2c(C(=O)Nc3cccc(Cl)c3Cl)cc(=O)oc2c1. The Kier molecular flexibility index (Phi) is 4.97. The molecule has 2 aromatic carbocycles. The average molecular weight is 378 g/mol. The van der Waals surface area contributed by atoms with Crippen LogP contribution in [0.2, 0.25) is 10.0 Å². The van der Waals surface area contributed by atoms with Crippen molar-refractivity contribution in [2.45, 2.75) is 6.92 Å². The number of benzene rings is 2. The summed E-state index contributed by atoms with van der Waals surface area (Å²) in [5.41, 5.74) is 0.154. The third kappa shape index (κ3) is 3.62. The Balaban J connectivity index is 2.03. The van der Waals surface area contributed by atoms with E-state index in [1.54, 1.807) is 36.4 Å². The van der Waals surface area contributed by atoms with Gasteiger partial charge >= 0.3 is 5.63 Å². The van der Waals surface area contributed by atoms with Gasteiger partial charge < -0.3 is 14.5 Å². The van der Waals surface area contributed by atoms with E-state index >= 15 is 0 Å². The minimum Gasteiger partial charge on any atom is -0.494 e. The number of anilines is 1. The molecule has 3 aromatic rings. The van der Waals surface area contributed by atoms with Gasteiger partial charge in [0.2, 0.25) is 0 Å². The molecule has 1 heterocycles. The number of fused-ring (bicyclic) bond motifs is 1. The summed E-state index contributed by atoms with van der Waals surface area (Å²) in [6, 6.07) is 11.0. The van der Waals surface area contributed by atoms with Gasteiger partial charge in [0, 0.05) is 17.5 Å². The number of carbonyl (C=O) groups excluding carboxylic acids is 1. The lowest BCUT2D eigenvalue weighted by molar-refractivity contribution is 0.102. The number of carbonyl (C=O) groups is 1. The molecular formula is C18H13Cl2NO4. The van der Waals surface area contributed by atoms with Crippen molar-refractivity contribution in [1.29, 1.82) is 0 Å². The summed E-state index contributed by atoms with van der Waals surface area (Å²) in [6.07, 6.45) is 0. The molecule has 0 fully saturated rings. The Bertz CT molecular complexity index is 1010. The van der Waals surface area contributed by atoms with Crippen molar-refractivity contribution in [2.24, 2.45) is 0 Å². The van der Waals surface area contributed by atoms with Crippen molar-refractivity contribution in [3.8, 4) is 5.75 Å². The van der Waals surface area contributed by atoms with E-state index in [1.807, 2.05) is 6.92 Å². The van der Waals surface area contributed by atoms with Crippen LogP contribution in [0.15, 0.2) is 51.7 Å². The molecule has 7 heteroatoms. The molecule has 128 valence electrons. The zero-order valence-corrected chi connectivity index (χ0v) is 14.6. The van der Waals surface area contributed by atoms with Gasteiger partial charge in [-0.3, -0.25) is 4.79 Å². The van der Waals surface area contributed by atoms with Crippen molar-refractivity contribution in [2.75, 3.05) is 11.9 Å². The molecule has 25 heavy (non-hydrogen) atoms. The van der Waals surface area contributed by atoms with Crippen molar-refractivity contribution < 1.29 is 13.9 Å². The number of hydrogen-bond donors (Lipinski definition) is 1. The zero-order valence-electron chi connectivity index (χ0n) is 13.1. The summed E-state index contributed by atoms with van der Waals surface area (Å²) in [5, 5.41) is 3.69. The number of amides is 1. The number of rotatable bonds is 4. The number of halogens is 2. The highest BCUT2D eigenvalue weighted by Crippen LogP contribution is 2.30. The molecule has 0 aliphatic carbocycles. The summed E-state index contributed by atoms with van der Waals surface area (Å²) in [7, 11) is 0. The highest BCUT2D eigenvalue weighted by atomic mass is 35.5. The summed E-state index contributed by atoms with van der Waals surface area (Å²) < 4.78 is 10.6. The van der Waals surface area contributed by atoms with Crippen LogP contribution < -0.4 is 15.7 Å². The van der Waals surface area contributed by atoms with Gasteiger partial charge in [-0.15, -0.1) is 0 Å². The first-order valence-electron chi connectivity index (χ1n) is 7.45. The summed E-state index contributed by atoms with van der Waals surface area (Å²) in [5.74, 6) is 0.0554. The predicted molar refractivity (Wildman–Crippen MR) is 98.1 cm³/mol. The van der Waals surface area contributed by atoms with Gasteiger partial charge in [0.25, 0.3) is 5.91 Å². The second kappa shape index (κ2) is 7.17. The topological polar surface area (TPSA) is 68.5 Å². The van der Waals surface area contributed by atoms with Gasteiger partial charge in [-0.05, 0) is 31.2 Å². The van der Waals surface area contributed by atoms with Gasteiger partial charge in [-0.1, -0.05) is 29.3 Å². The maximum absolute atomic E-state index is 12.6. The van der Waals surface area contributed by atoms with E-state index in [9.17, 15) is 9.59 Å². The minimum absolute atomic E-state index is 0.172. The predicted octanol–water partition coefficient (Wildman–Crippen LogP) is 4.75. The molecule has 1 aromatic heterocycles. The van der Waals surface area contributed by atoms with E-state index < -0.39 is 11.5 Å². The maximum atomic E-state index is 12.6. The Morgan fingerprint density at radius 2 is 2.00 bits per heavy atom. The molecule has 0 unspecified atom stereocenters. The number of nitrogens with one attached hydrogen (secondary N) is 1. The number of hydrogen-bond acceptors (Lipinski definition) is 4. The van der Waals surface area contributed by atoms with Crippen molar-refractivity contribution in [3.63, 3.8) is 0 Å². The van der Waals surface area contributed by atoms with Crippen LogP contribution in [0.4, 0.5) is 5.69 Å². The maximum Gasteiger partial charge on any atom is 0.337 e. The van der Waals surface area contributed by atoms with Gasteiger partial charge in [-0.25, -0.2) is 4.79 Å². The monoisotopic (exact) mass is 377 g/mol. The van der Waals surface area contributed by atoms with Crippen LogP contribution in [0, 0.1) is 0 Å². The van der Waals surface area contributed by atoms with E-state index in [-0.39, 0.29) is 16.2 Å². The zero-order chi connectivity index (χ0) is 18.0. The molecule has 0 aliphatic rings. The first-order valence-corrected chi connectivity index (χ1v) is 8.21.